The zero-order chi connectivity index (χ0) is 12.3. The smallest absolute Gasteiger partial charge is 0.262 e. The topological polar surface area (TPSA) is 46.5 Å². The van der Waals surface area contributed by atoms with E-state index in [0.29, 0.717) is 16.4 Å². The largest absolute Gasteiger partial charge is 0.496 e. The van der Waals surface area contributed by atoms with Gasteiger partial charge in [-0.25, -0.2) is 0 Å². The third-order valence-corrected chi connectivity index (χ3v) is 4.54. The van der Waals surface area contributed by atoms with Crippen LogP contribution >= 0.6 is 7.37 Å². The van der Waals surface area contributed by atoms with Gasteiger partial charge in [0.25, 0.3) is 7.37 Å². The standard InChI is InChI=1S/C13H13O3P/c1-16-12-9-5-6-10-13(12)17(14,15)11-7-3-2-4-8-11/h2-10H,1H3,(H,14,15). The first-order valence-electron chi connectivity index (χ1n) is 5.18. The second kappa shape index (κ2) is 4.74. The van der Waals surface area contributed by atoms with Crippen molar-refractivity contribution in [2.24, 2.45) is 0 Å². The predicted octanol–water partition coefficient (Wildman–Crippen LogP) is 1.92. The van der Waals surface area contributed by atoms with E-state index in [1.54, 1.807) is 48.5 Å². The first-order chi connectivity index (χ1) is 8.16. The second-order valence-electron chi connectivity index (χ2n) is 3.58. The lowest BCUT2D eigenvalue weighted by molar-refractivity contribution is 0.416. The Hall–Kier alpha value is -1.57. The van der Waals surface area contributed by atoms with E-state index in [9.17, 15) is 9.46 Å². The van der Waals surface area contributed by atoms with Gasteiger partial charge in [-0.2, -0.15) is 0 Å². The number of hydrogen-bond donors (Lipinski definition) is 1. The van der Waals surface area contributed by atoms with Crippen LogP contribution in [0.25, 0.3) is 0 Å². The Morgan fingerprint density at radius 1 is 1.00 bits per heavy atom. The van der Waals surface area contributed by atoms with Crippen molar-refractivity contribution < 1.29 is 14.2 Å². The van der Waals surface area contributed by atoms with Crippen LogP contribution in [0.4, 0.5) is 0 Å². The molecule has 1 N–H and O–H groups in total. The minimum atomic E-state index is -3.58. The zero-order valence-electron chi connectivity index (χ0n) is 9.41. The fourth-order valence-electron chi connectivity index (χ4n) is 1.65. The summed E-state index contributed by atoms with van der Waals surface area (Å²) in [6.07, 6.45) is 0. The number of rotatable bonds is 3. The van der Waals surface area contributed by atoms with Crippen molar-refractivity contribution in [2.75, 3.05) is 7.11 Å². The highest BCUT2D eigenvalue weighted by Crippen LogP contribution is 2.40. The van der Waals surface area contributed by atoms with Crippen molar-refractivity contribution in [1.82, 2.24) is 0 Å². The SMILES string of the molecule is COc1ccccc1P(=O)(O)c1ccccc1. The predicted molar refractivity (Wildman–Crippen MR) is 68.5 cm³/mol. The van der Waals surface area contributed by atoms with Gasteiger partial charge in [0, 0.05) is 5.30 Å². The van der Waals surface area contributed by atoms with Crippen LogP contribution in [0.3, 0.4) is 0 Å². The van der Waals surface area contributed by atoms with E-state index in [2.05, 4.69) is 0 Å². The third-order valence-electron chi connectivity index (χ3n) is 2.52. The third kappa shape index (κ3) is 2.26. The summed E-state index contributed by atoms with van der Waals surface area (Å²) >= 11 is 0. The molecule has 0 heterocycles. The molecule has 0 fully saturated rings. The molecule has 1 atom stereocenters. The summed E-state index contributed by atoms with van der Waals surface area (Å²) in [6, 6.07) is 15.4. The van der Waals surface area contributed by atoms with Gasteiger partial charge in [-0.1, -0.05) is 30.3 Å². The highest BCUT2D eigenvalue weighted by atomic mass is 31.2. The highest BCUT2D eigenvalue weighted by Gasteiger charge is 2.27. The fraction of sp³-hybridized carbons (Fsp3) is 0.0769. The lowest BCUT2D eigenvalue weighted by Gasteiger charge is -2.15. The molecule has 0 saturated heterocycles. The van der Waals surface area contributed by atoms with Crippen molar-refractivity contribution in [2.45, 2.75) is 0 Å². The van der Waals surface area contributed by atoms with Crippen molar-refractivity contribution >= 4 is 18.0 Å². The van der Waals surface area contributed by atoms with E-state index in [4.69, 9.17) is 4.74 Å². The van der Waals surface area contributed by atoms with Crippen LogP contribution < -0.4 is 15.3 Å². The average molecular weight is 248 g/mol. The molecule has 0 aliphatic rings. The van der Waals surface area contributed by atoms with Crippen molar-refractivity contribution in [3.63, 3.8) is 0 Å². The quantitative estimate of drug-likeness (QED) is 0.844. The molecule has 4 heteroatoms. The van der Waals surface area contributed by atoms with Gasteiger partial charge in [-0.3, -0.25) is 4.57 Å². The number of ether oxygens (including phenoxy) is 1. The van der Waals surface area contributed by atoms with Gasteiger partial charge < -0.3 is 9.63 Å². The number of para-hydroxylation sites is 1. The van der Waals surface area contributed by atoms with Gasteiger partial charge in [0.2, 0.25) is 0 Å². The monoisotopic (exact) mass is 248 g/mol. The molecule has 88 valence electrons. The molecule has 0 aliphatic heterocycles. The molecule has 0 aromatic heterocycles. The molecule has 0 amide bonds. The van der Waals surface area contributed by atoms with E-state index in [0.717, 1.165) is 0 Å². The molecule has 0 saturated carbocycles. The van der Waals surface area contributed by atoms with E-state index in [1.165, 1.54) is 7.11 Å². The van der Waals surface area contributed by atoms with Crippen molar-refractivity contribution in [1.29, 1.82) is 0 Å². The van der Waals surface area contributed by atoms with Crippen LogP contribution in [0.5, 0.6) is 5.75 Å². The minimum Gasteiger partial charge on any atom is -0.496 e. The lowest BCUT2D eigenvalue weighted by atomic mass is 10.3. The zero-order valence-corrected chi connectivity index (χ0v) is 10.3. The summed E-state index contributed by atoms with van der Waals surface area (Å²) in [5.41, 5.74) is 0. The summed E-state index contributed by atoms with van der Waals surface area (Å²) < 4.78 is 17.6. The maximum atomic E-state index is 12.5. The summed E-state index contributed by atoms with van der Waals surface area (Å²) in [5, 5.41) is 0.734. The van der Waals surface area contributed by atoms with Gasteiger partial charge in [0.05, 0.1) is 12.4 Å². The molecule has 3 nitrogen and oxygen atoms in total. The Morgan fingerprint density at radius 3 is 2.24 bits per heavy atom. The molecule has 0 radical (unpaired) electrons. The van der Waals surface area contributed by atoms with Crippen LogP contribution in [0, 0.1) is 0 Å². The number of methoxy groups -OCH3 is 1. The molecular weight excluding hydrogens is 235 g/mol. The molecule has 1 unspecified atom stereocenters. The Bertz CT molecular complexity index is 552. The summed E-state index contributed by atoms with van der Waals surface area (Å²) in [5.74, 6) is 0.433. The van der Waals surface area contributed by atoms with Crippen LogP contribution in [0.1, 0.15) is 0 Å². The first-order valence-corrected chi connectivity index (χ1v) is 6.84. The minimum absolute atomic E-state index is 0.328. The molecule has 2 aromatic rings. The van der Waals surface area contributed by atoms with Crippen LogP contribution in [0.15, 0.2) is 54.6 Å². The Labute approximate surface area is 100 Å². The summed E-state index contributed by atoms with van der Waals surface area (Å²) in [7, 11) is -2.09. The molecule has 2 rings (SSSR count). The van der Waals surface area contributed by atoms with Crippen molar-refractivity contribution in [3.05, 3.63) is 54.6 Å². The highest BCUT2D eigenvalue weighted by molar-refractivity contribution is 7.73. The van der Waals surface area contributed by atoms with Crippen LogP contribution in [0.2, 0.25) is 0 Å². The van der Waals surface area contributed by atoms with E-state index < -0.39 is 7.37 Å². The van der Waals surface area contributed by atoms with E-state index in [-0.39, 0.29) is 0 Å². The summed E-state index contributed by atoms with van der Waals surface area (Å²) in [4.78, 5) is 10.2. The Kier molecular flexibility index (Phi) is 3.32. The molecule has 0 aliphatic carbocycles. The number of hydrogen-bond acceptors (Lipinski definition) is 2. The van der Waals surface area contributed by atoms with Crippen LogP contribution in [-0.2, 0) is 4.57 Å². The molecule has 0 bridgehead atoms. The Balaban J connectivity index is 2.56. The van der Waals surface area contributed by atoms with Gasteiger partial charge in [-0.05, 0) is 24.3 Å². The first kappa shape index (κ1) is 11.9. The Morgan fingerprint density at radius 2 is 1.59 bits per heavy atom. The van der Waals surface area contributed by atoms with Gasteiger partial charge in [-0.15, -0.1) is 0 Å². The second-order valence-corrected chi connectivity index (χ2v) is 5.73. The lowest BCUT2D eigenvalue weighted by Crippen LogP contribution is -2.17. The summed E-state index contributed by atoms with van der Waals surface area (Å²) in [6.45, 7) is 0. The van der Waals surface area contributed by atoms with Gasteiger partial charge >= 0.3 is 0 Å². The van der Waals surface area contributed by atoms with Gasteiger partial charge in [0.1, 0.15) is 5.75 Å². The maximum Gasteiger partial charge on any atom is 0.262 e. The molecule has 17 heavy (non-hydrogen) atoms. The normalized spacial score (nSPS) is 14.0. The average Bonchev–Trinajstić information content (AvgIpc) is 2.39. The van der Waals surface area contributed by atoms with E-state index in [1.807, 2.05) is 6.07 Å². The number of benzene rings is 2. The molecule has 2 aromatic carbocycles. The molecule has 0 spiro atoms. The van der Waals surface area contributed by atoms with Crippen molar-refractivity contribution in [3.8, 4) is 5.75 Å². The fourth-order valence-corrected chi connectivity index (χ4v) is 3.26. The maximum absolute atomic E-state index is 12.5. The van der Waals surface area contributed by atoms with E-state index >= 15 is 0 Å². The van der Waals surface area contributed by atoms with Gasteiger partial charge in [0.15, 0.2) is 0 Å². The molecular formula is C13H13O3P. The van der Waals surface area contributed by atoms with Crippen LogP contribution in [-0.4, -0.2) is 12.0 Å².